The molecule has 5 rings (SSSR count). The van der Waals surface area contributed by atoms with Gasteiger partial charge in [0.1, 0.15) is 5.82 Å². The van der Waals surface area contributed by atoms with Crippen LogP contribution in [0.25, 0.3) is 0 Å². The predicted octanol–water partition coefficient (Wildman–Crippen LogP) is 5.09. The summed E-state index contributed by atoms with van der Waals surface area (Å²) >= 11 is 0. The number of nitrogens with zero attached hydrogens (tertiary/aromatic N) is 3. The molecule has 0 amide bonds. The normalized spacial score (nSPS) is 20.5. The highest BCUT2D eigenvalue weighted by atomic mass is 16.1. The molecule has 0 unspecified atom stereocenters. The fraction of sp³-hybridized carbons (Fsp3) is 0.179. The molecule has 0 bridgehead atoms. The smallest absolute Gasteiger partial charge is 0.162 e. The Morgan fingerprint density at radius 3 is 2.42 bits per heavy atom. The third kappa shape index (κ3) is 3.60. The molecule has 2 heterocycles. The quantitative estimate of drug-likeness (QED) is 0.623. The number of aryl methyl sites for hydroxylation is 1. The standard InChI is InChI=1S/C28H24N4O/c1-18-9-11-20(12-10-18)26-23(16-29)28(30)32(22-8-5-13-31-17-22)24-14-21(15-25(33)27(24)26)19-6-3-2-4-7-19/h2-13,17,21,26H,14-15,30H2,1H3/t21-,26+/m1/s1. The number of aromatic nitrogens is 1. The van der Waals surface area contributed by atoms with Crippen LogP contribution in [0.5, 0.6) is 0 Å². The van der Waals surface area contributed by atoms with E-state index in [2.05, 4.69) is 23.2 Å². The summed E-state index contributed by atoms with van der Waals surface area (Å²) in [4.78, 5) is 19.9. The van der Waals surface area contributed by atoms with Crippen LogP contribution in [0.4, 0.5) is 5.69 Å². The molecule has 3 aromatic rings. The highest BCUT2D eigenvalue weighted by Gasteiger charge is 2.42. The van der Waals surface area contributed by atoms with Crippen molar-refractivity contribution in [3.05, 3.63) is 118 Å². The summed E-state index contributed by atoms with van der Waals surface area (Å²) in [6, 6.07) is 24.2. The molecule has 0 fully saturated rings. The minimum Gasteiger partial charge on any atom is -0.384 e. The second kappa shape index (κ2) is 8.40. The lowest BCUT2D eigenvalue weighted by Gasteiger charge is -2.41. The first kappa shape index (κ1) is 20.7. The van der Waals surface area contributed by atoms with Crippen LogP contribution in [0, 0.1) is 18.3 Å². The Morgan fingerprint density at radius 1 is 1.00 bits per heavy atom. The number of anilines is 1. The number of hydrogen-bond donors (Lipinski definition) is 1. The van der Waals surface area contributed by atoms with Gasteiger partial charge >= 0.3 is 0 Å². The number of hydrogen-bond acceptors (Lipinski definition) is 5. The van der Waals surface area contributed by atoms with Gasteiger partial charge in [-0.15, -0.1) is 0 Å². The van der Waals surface area contributed by atoms with E-state index in [9.17, 15) is 10.1 Å². The first-order chi connectivity index (χ1) is 16.1. The Labute approximate surface area is 193 Å². The number of carbonyl (C=O) groups excluding carboxylic acids is 1. The third-order valence-electron chi connectivity index (χ3n) is 6.55. The van der Waals surface area contributed by atoms with Gasteiger partial charge in [-0.3, -0.25) is 14.7 Å². The van der Waals surface area contributed by atoms with E-state index in [-0.39, 0.29) is 11.7 Å². The lowest BCUT2D eigenvalue weighted by Crippen LogP contribution is -2.40. The Hall–Kier alpha value is -4.17. The first-order valence-corrected chi connectivity index (χ1v) is 11.1. The van der Waals surface area contributed by atoms with Crippen molar-refractivity contribution < 1.29 is 4.79 Å². The lowest BCUT2D eigenvalue weighted by atomic mass is 9.72. The largest absolute Gasteiger partial charge is 0.384 e. The summed E-state index contributed by atoms with van der Waals surface area (Å²) in [6.07, 6.45) is 4.48. The molecule has 0 radical (unpaired) electrons. The fourth-order valence-electron chi connectivity index (χ4n) is 4.96. The summed E-state index contributed by atoms with van der Waals surface area (Å²) in [5.74, 6) is -0.00405. The van der Waals surface area contributed by atoms with E-state index in [0.29, 0.717) is 29.8 Å². The second-order valence-electron chi connectivity index (χ2n) is 8.60. The highest BCUT2D eigenvalue weighted by molar-refractivity contribution is 6.01. The van der Waals surface area contributed by atoms with Gasteiger partial charge in [0.05, 0.1) is 29.4 Å². The van der Waals surface area contributed by atoms with Crippen LogP contribution in [0.3, 0.4) is 0 Å². The topological polar surface area (TPSA) is 83.0 Å². The van der Waals surface area contributed by atoms with Crippen LogP contribution in [0.2, 0.25) is 0 Å². The van der Waals surface area contributed by atoms with E-state index < -0.39 is 5.92 Å². The van der Waals surface area contributed by atoms with Gasteiger partial charge in [-0.2, -0.15) is 5.26 Å². The summed E-state index contributed by atoms with van der Waals surface area (Å²) in [5, 5.41) is 10.2. The number of nitrogens with two attached hydrogens (primary N) is 1. The molecule has 1 aliphatic heterocycles. The van der Waals surface area contributed by atoms with Crippen LogP contribution in [0.15, 0.2) is 102 Å². The maximum atomic E-state index is 13.7. The molecule has 5 heteroatoms. The van der Waals surface area contributed by atoms with E-state index in [1.165, 1.54) is 0 Å². The second-order valence-corrected chi connectivity index (χ2v) is 8.60. The van der Waals surface area contributed by atoms with Gasteiger partial charge in [0.25, 0.3) is 0 Å². The van der Waals surface area contributed by atoms with Crippen LogP contribution < -0.4 is 10.6 Å². The molecule has 5 nitrogen and oxygen atoms in total. The van der Waals surface area contributed by atoms with Crippen molar-refractivity contribution in [1.29, 1.82) is 5.26 Å². The van der Waals surface area contributed by atoms with Crippen molar-refractivity contribution in [2.75, 3.05) is 4.90 Å². The van der Waals surface area contributed by atoms with Crippen molar-refractivity contribution in [2.45, 2.75) is 31.6 Å². The highest BCUT2D eigenvalue weighted by Crippen LogP contribution is 2.49. The van der Waals surface area contributed by atoms with Crippen LogP contribution in [-0.4, -0.2) is 10.8 Å². The number of carbonyl (C=O) groups is 1. The lowest BCUT2D eigenvalue weighted by molar-refractivity contribution is -0.116. The van der Waals surface area contributed by atoms with Crippen molar-refractivity contribution >= 4 is 11.5 Å². The van der Waals surface area contributed by atoms with Gasteiger partial charge in [0.2, 0.25) is 0 Å². The average Bonchev–Trinajstić information content (AvgIpc) is 2.85. The van der Waals surface area contributed by atoms with Crippen LogP contribution in [-0.2, 0) is 4.79 Å². The molecule has 162 valence electrons. The molecule has 1 aromatic heterocycles. The molecule has 2 aromatic carbocycles. The predicted molar refractivity (Wildman–Crippen MR) is 128 cm³/mol. The van der Waals surface area contributed by atoms with Gasteiger partial charge in [-0.05, 0) is 42.5 Å². The van der Waals surface area contributed by atoms with E-state index >= 15 is 0 Å². The van der Waals surface area contributed by atoms with E-state index in [1.54, 1.807) is 12.4 Å². The Kier molecular flexibility index (Phi) is 5.27. The van der Waals surface area contributed by atoms with Gasteiger partial charge in [-0.25, -0.2) is 0 Å². The van der Waals surface area contributed by atoms with E-state index in [1.807, 2.05) is 66.4 Å². The first-order valence-electron chi connectivity index (χ1n) is 11.1. The van der Waals surface area contributed by atoms with Crippen molar-refractivity contribution in [1.82, 2.24) is 4.98 Å². The van der Waals surface area contributed by atoms with Gasteiger partial charge in [0.15, 0.2) is 5.78 Å². The fourth-order valence-corrected chi connectivity index (χ4v) is 4.96. The number of ketones is 1. The van der Waals surface area contributed by atoms with E-state index in [0.717, 1.165) is 28.1 Å². The van der Waals surface area contributed by atoms with Gasteiger partial charge in [0, 0.05) is 23.9 Å². The summed E-state index contributed by atoms with van der Waals surface area (Å²) in [5.41, 5.74) is 12.5. The molecule has 2 atom stereocenters. The number of rotatable bonds is 3. The number of benzene rings is 2. The van der Waals surface area contributed by atoms with Crippen molar-refractivity contribution in [3.63, 3.8) is 0 Å². The minimum absolute atomic E-state index is 0.0479. The Morgan fingerprint density at radius 2 is 1.76 bits per heavy atom. The molecule has 33 heavy (non-hydrogen) atoms. The SMILES string of the molecule is Cc1ccc([C@H]2C(C#N)=C(N)N(c3cccnc3)C3=C2C(=O)C[C@H](c2ccccc2)C3)cc1. The van der Waals surface area contributed by atoms with Gasteiger partial charge < -0.3 is 5.73 Å². The molecule has 1 aliphatic carbocycles. The molecule has 2 aliphatic rings. The summed E-state index contributed by atoms with van der Waals surface area (Å²) in [6.45, 7) is 2.02. The van der Waals surface area contributed by atoms with Crippen molar-refractivity contribution in [3.8, 4) is 6.07 Å². The molecule has 0 saturated carbocycles. The number of nitriles is 1. The Balaban J connectivity index is 1.72. The Bertz CT molecular complexity index is 1300. The zero-order valence-electron chi connectivity index (χ0n) is 18.4. The molecule has 2 N–H and O–H groups in total. The molecular formula is C28H24N4O. The molecule has 0 saturated heterocycles. The number of allylic oxidation sites excluding steroid dienone is 3. The molecule has 0 spiro atoms. The third-order valence-corrected chi connectivity index (χ3v) is 6.55. The van der Waals surface area contributed by atoms with Crippen LogP contribution in [0.1, 0.15) is 41.4 Å². The summed E-state index contributed by atoms with van der Waals surface area (Å²) in [7, 11) is 0. The minimum atomic E-state index is -0.470. The number of Topliss-reactive ketones (excluding diaryl/α,β-unsaturated/α-hetero) is 1. The maximum Gasteiger partial charge on any atom is 0.162 e. The zero-order chi connectivity index (χ0) is 22.9. The zero-order valence-corrected chi connectivity index (χ0v) is 18.4. The van der Waals surface area contributed by atoms with Gasteiger partial charge in [-0.1, -0.05) is 60.2 Å². The average molecular weight is 433 g/mol. The van der Waals surface area contributed by atoms with Crippen molar-refractivity contribution in [2.24, 2.45) is 5.73 Å². The van der Waals surface area contributed by atoms with E-state index in [4.69, 9.17) is 5.73 Å². The summed E-state index contributed by atoms with van der Waals surface area (Å²) < 4.78 is 0. The number of pyridine rings is 1. The maximum absolute atomic E-state index is 13.7. The monoisotopic (exact) mass is 432 g/mol. The van der Waals surface area contributed by atoms with Crippen LogP contribution >= 0.6 is 0 Å². The molecular weight excluding hydrogens is 408 g/mol.